The number of carbonyl (C=O) groups excluding carboxylic acids is 1. The molecule has 1 heterocycles. The molecule has 1 aliphatic rings. The number of carbonyl (C=O) groups is 1. The first-order valence-corrected chi connectivity index (χ1v) is 6.29. The zero-order valence-electron chi connectivity index (χ0n) is 10.9. The van der Waals surface area contributed by atoms with E-state index in [1.165, 1.54) is 12.8 Å². The number of rotatable bonds is 6. The molecule has 0 aromatic heterocycles. The van der Waals surface area contributed by atoms with E-state index in [9.17, 15) is 4.79 Å². The Morgan fingerprint density at radius 3 is 2.71 bits per heavy atom. The van der Waals surface area contributed by atoms with Gasteiger partial charge in [-0.2, -0.15) is 0 Å². The number of amides is 1. The Kier molecular flexibility index (Phi) is 8.56. The molecular weight excluding hydrogens is 238 g/mol. The van der Waals surface area contributed by atoms with Gasteiger partial charge in [0.25, 0.3) is 0 Å². The van der Waals surface area contributed by atoms with Crippen molar-refractivity contribution < 1.29 is 4.79 Å². The van der Waals surface area contributed by atoms with Gasteiger partial charge in [-0.05, 0) is 37.8 Å². The van der Waals surface area contributed by atoms with Crippen LogP contribution in [-0.4, -0.2) is 43.5 Å². The van der Waals surface area contributed by atoms with E-state index in [2.05, 4.69) is 24.1 Å². The number of hydrogen-bond donors (Lipinski definition) is 2. The van der Waals surface area contributed by atoms with Gasteiger partial charge in [-0.25, -0.2) is 0 Å². The maximum absolute atomic E-state index is 11.0. The monoisotopic (exact) mass is 263 g/mol. The Bertz CT molecular complexity index is 218. The van der Waals surface area contributed by atoms with Gasteiger partial charge in [0.1, 0.15) is 0 Å². The van der Waals surface area contributed by atoms with E-state index in [-0.39, 0.29) is 18.3 Å². The average Bonchev–Trinajstić information content (AvgIpc) is 2.16. The molecule has 0 aliphatic carbocycles. The van der Waals surface area contributed by atoms with Gasteiger partial charge in [0, 0.05) is 13.1 Å². The van der Waals surface area contributed by atoms with Crippen LogP contribution in [0.5, 0.6) is 0 Å². The molecule has 0 spiro atoms. The Morgan fingerprint density at radius 2 is 2.24 bits per heavy atom. The summed E-state index contributed by atoms with van der Waals surface area (Å²) in [5.74, 6) is 1.03. The quantitative estimate of drug-likeness (QED) is 0.747. The molecule has 1 saturated heterocycles. The standard InChI is InChI=1S/C12H25N3O.ClH/c1-10(2)7-15(9-12(13)16)8-11-4-3-5-14-6-11;/h10-11,14H,3-9H2,1-2H3,(H2,13,16);1H. The van der Waals surface area contributed by atoms with Crippen molar-refractivity contribution in [2.24, 2.45) is 17.6 Å². The normalized spacial score (nSPS) is 20.4. The predicted molar refractivity (Wildman–Crippen MR) is 73.3 cm³/mol. The fourth-order valence-corrected chi connectivity index (χ4v) is 2.39. The van der Waals surface area contributed by atoms with Crippen LogP contribution in [0.1, 0.15) is 26.7 Å². The second-order valence-corrected chi connectivity index (χ2v) is 5.27. The van der Waals surface area contributed by atoms with Gasteiger partial charge in [0.15, 0.2) is 0 Å². The highest BCUT2D eigenvalue weighted by atomic mass is 35.5. The Balaban J connectivity index is 0.00000256. The molecule has 0 aromatic rings. The molecule has 0 saturated carbocycles. The van der Waals surface area contributed by atoms with Crippen LogP contribution in [0.15, 0.2) is 0 Å². The van der Waals surface area contributed by atoms with Crippen LogP contribution < -0.4 is 11.1 Å². The fraction of sp³-hybridized carbons (Fsp3) is 0.917. The number of nitrogens with one attached hydrogen (secondary N) is 1. The summed E-state index contributed by atoms with van der Waals surface area (Å²) in [7, 11) is 0. The SMILES string of the molecule is CC(C)CN(CC(N)=O)CC1CCCNC1.Cl. The Labute approximate surface area is 111 Å². The zero-order chi connectivity index (χ0) is 12.0. The highest BCUT2D eigenvalue weighted by Gasteiger charge is 2.18. The van der Waals surface area contributed by atoms with Crippen molar-refractivity contribution in [2.45, 2.75) is 26.7 Å². The first-order valence-electron chi connectivity index (χ1n) is 6.29. The van der Waals surface area contributed by atoms with Gasteiger partial charge in [0.05, 0.1) is 6.54 Å². The van der Waals surface area contributed by atoms with Crippen LogP contribution >= 0.6 is 12.4 Å². The number of piperidine rings is 1. The molecule has 17 heavy (non-hydrogen) atoms. The summed E-state index contributed by atoms with van der Waals surface area (Å²) in [6.45, 7) is 8.91. The lowest BCUT2D eigenvalue weighted by atomic mass is 9.98. The molecule has 1 atom stereocenters. The van der Waals surface area contributed by atoms with Crippen LogP contribution in [0.4, 0.5) is 0 Å². The Hall–Kier alpha value is -0.320. The lowest BCUT2D eigenvalue weighted by Gasteiger charge is -2.30. The van der Waals surface area contributed by atoms with Crippen molar-refractivity contribution in [1.29, 1.82) is 0 Å². The third kappa shape index (κ3) is 7.58. The topological polar surface area (TPSA) is 58.4 Å². The number of nitrogens with zero attached hydrogens (tertiary/aromatic N) is 1. The second-order valence-electron chi connectivity index (χ2n) is 5.27. The summed E-state index contributed by atoms with van der Waals surface area (Å²) >= 11 is 0. The molecule has 4 nitrogen and oxygen atoms in total. The van der Waals surface area contributed by atoms with E-state index in [0.29, 0.717) is 18.4 Å². The van der Waals surface area contributed by atoms with E-state index < -0.39 is 0 Å². The van der Waals surface area contributed by atoms with Crippen molar-refractivity contribution in [3.63, 3.8) is 0 Å². The first kappa shape index (κ1) is 16.7. The van der Waals surface area contributed by atoms with Gasteiger partial charge < -0.3 is 11.1 Å². The van der Waals surface area contributed by atoms with Crippen molar-refractivity contribution in [1.82, 2.24) is 10.2 Å². The molecule has 5 heteroatoms. The molecule has 0 radical (unpaired) electrons. The van der Waals surface area contributed by atoms with Crippen molar-refractivity contribution >= 4 is 18.3 Å². The van der Waals surface area contributed by atoms with E-state index in [0.717, 1.165) is 26.2 Å². The Morgan fingerprint density at radius 1 is 1.53 bits per heavy atom. The smallest absolute Gasteiger partial charge is 0.231 e. The highest BCUT2D eigenvalue weighted by Crippen LogP contribution is 2.12. The van der Waals surface area contributed by atoms with Crippen molar-refractivity contribution in [3.8, 4) is 0 Å². The van der Waals surface area contributed by atoms with Gasteiger partial charge in [0.2, 0.25) is 5.91 Å². The average molecular weight is 264 g/mol. The second kappa shape index (κ2) is 8.72. The molecule has 0 bridgehead atoms. The summed E-state index contributed by atoms with van der Waals surface area (Å²) < 4.78 is 0. The van der Waals surface area contributed by atoms with E-state index in [1.807, 2.05) is 0 Å². The number of halogens is 1. The van der Waals surface area contributed by atoms with Gasteiger partial charge in [-0.3, -0.25) is 9.69 Å². The van der Waals surface area contributed by atoms with Crippen LogP contribution in [0.25, 0.3) is 0 Å². The maximum Gasteiger partial charge on any atom is 0.231 e. The summed E-state index contributed by atoms with van der Waals surface area (Å²) in [5, 5.41) is 3.40. The number of primary amides is 1. The summed E-state index contributed by atoms with van der Waals surface area (Å²) in [4.78, 5) is 13.2. The molecule has 1 amide bonds. The van der Waals surface area contributed by atoms with Gasteiger partial charge in [-0.15, -0.1) is 12.4 Å². The molecule has 1 rings (SSSR count). The van der Waals surface area contributed by atoms with E-state index in [1.54, 1.807) is 0 Å². The molecular formula is C12H26ClN3O. The van der Waals surface area contributed by atoms with Crippen molar-refractivity contribution in [2.75, 3.05) is 32.7 Å². The number of nitrogens with two attached hydrogens (primary N) is 1. The first-order chi connectivity index (χ1) is 7.58. The minimum absolute atomic E-state index is 0. The molecule has 1 unspecified atom stereocenters. The third-order valence-corrected chi connectivity index (χ3v) is 2.92. The van der Waals surface area contributed by atoms with Crippen LogP contribution in [0.3, 0.4) is 0 Å². The maximum atomic E-state index is 11.0. The van der Waals surface area contributed by atoms with Crippen molar-refractivity contribution in [3.05, 3.63) is 0 Å². The molecule has 3 N–H and O–H groups in total. The molecule has 1 fully saturated rings. The minimum Gasteiger partial charge on any atom is -0.369 e. The van der Waals surface area contributed by atoms with Crippen LogP contribution in [0, 0.1) is 11.8 Å². The summed E-state index contributed by atoms with van der Waals surface area (Å²) in [6, 6.07) is 0. The summed E-state index contributed by atoms with van der Waals surface area (Å²) in [6.07, 6.45) is 2.51. The van der Waals surface area contributed by atoms with E-state index >= 15 is 0 Å². The van der Waals surface area contributed by atoms with Gasteiger partial charge in [-0.1, -0.05) is 13.8 Å². The largest absolute Gasteiger partial charge is 0.369 e. The zero-order valence-corrected chi connectivity index (χ0v) is 11.8. The van der Waals surface area contributed by atoms with Crippen LogP contribution in [-0.2, 0) is 4.79 Å². The fourth-order valence-electron chi connectivity index (χ4n) is 2.39. The summed E-state index contributed by atoms with van der Waals surface area (Å²) in [5.41, 5.74) is 5.28. The minimum atomic E-state index is -0.218. The predicted octanol–water partition coefficient (Wildman–Crippen LogP) is 0.851. The number of hydrogen-bond acceptors (Lipinski definition) is 3. The highest BCUT2D eigenvalue weighted by molar-refractivity contribution is 5.85. The lowest BCUT2D eigenvalue weighted by Crippen LogP contribution is -2.43. The molecule has 102 valence electrons. The lowest BCUT2D eigenvalue weighted by molar-refractivity contribution is -0.119. The van der Waals surface area contributed by atoms with Crippen LogP contribution in [0.2, 0.25) is 0 Å². The van der Waals surface area contributed by atoms with Gasteiger partial charge >= 0.3 is 0 Å². The molecule has 0 aromatic carbocycles. The van der Waals surface area contributed by atoms with E-state index in [4.69, 9.17) is 5.73 Å². The molecule has 1 aliphatic heterocycles. The third-order valence-electron chi connectivity index (χ3n) is 2.92.